The Bertz CT molecular complexity index is 452. The summed E-state index contributed by atoms with van der Waals surface area (Å²) in [4.78, 5) is 13.8. The summed E-state index contributed by atoms with van der Waals surface area (Å²) in [6.45, 7) is 2.42. The first-order valence-electron chi connectivity index (χ1n) is 7.37. The number of carbonyl (C=O) groups excluding carboxylic acids is 1. The Morgan fingerprint density at radius 2 is 1.80 bits per heavy atom. The summed E-state index contributed by atoms with van der Waals surface area (Å²) >= 11 is 5.88. The van der Waals surface area contributed by atoms with Gasteiger partial charge in [-0.15, -0.1) is 0 Å². The van der Waals surface area contributed by atoms with E-state index in [2.05, 4.69) is 12.1 Å². The first-order chi connectivity index (χ1) is 9.24. The van der Waals surface area contributed by atoms with Crippen LogP contribution in [0.4, 0.5) is 0 Å². The van der Waals surface area contributed by atoms with Crippen LogP contribution in [-0.4, -0.2) is 24.9 Å². The molecule has 1 N–H and O–H groups in total. The van der Waals surface area contributed by atoms with Crippen LogP contribution in [0.1, 0.15) is 31.2 Å². The van der Waals surface area contributed by atoms with Gasteiger partial charge in [-0.25, -0.2) is 0 Å². The molecule has 1 atom stereocenters. The lowest BCUT2D eigenvalue weighted by Gasteiger charge is -2.41. The van der Waals surface area contributed by atoms with Crippen molar-refractivity contribution in [1.82, 2.24) is 0 Å². The molecule has 3 aliphatic rings. The predicted molar refractivity (Wildman–Crippen MR) is 76.6 cm³/mol. The van der Waals surface area contributed by atoms with E-state index in [0.29, 0.717) is 17.7 Å². The third-order valence-corrected chi connectivity index (χ3v) is 4.99. The molecule has 0 radical (unpaired) electrons. The number of hydrogen-bond acceptors (Lipinski definition) is 1. The summed E-state index contributed by atoms with van der Waals surface area (Å²) in [6, 6.07) is 8.35. The van der Waals surface area contributed by atoms with Crippen molar-refractivity contribution in [2.45, 2.75) is 38.1 Å². The molecule has 1 aromatic carbocycles. The van der Waals surface area contributed by atoms with E-state index >= 15 is 0 Å². The Balaban J connectivity index is 0.00000147. The van der Waals surface area contributed by atoms with Crippen molar-refractivity contribution in [2.75, 3.05) is 13.1 Å². The zero-order chi connectivity index (χ0) is 13.2. The lowest BCUT2D eigenvalue weighted by atomic mass is 9.80. The molecule has 4 rings (SSSR count). The molecule has 3 heterocycles. The average molecular weight is 314 g/mol. The number of quaternary nitrogens is 1. The molecule has 2 nitrogen and oxygen atoms in total. The zero-order valence-corrected chi connectivity index (χ0v) is 13.1. The van der Waals surface area contributed by atoms with Gasteiger partial charge in [-0.1, -0.05) is 23.7 Å². The second-order valence-corrected chi connectivity index (χ2v) is 6.34. The van der Waals surface area contributed by atoms with Crippen LogP contribution in [0.5, 0.6) is 0 Å². The van der Waals surface area contributed by atoms with Crippen LogP contribution in [0.15, 0.2) is 24.3 Å². The summed E-state index contributed by atoms with van der Waals surface area (Å²) in [5.41, 5.74) is 1.32. The molecular formula is C16H21Cl2NO. The predicted octanol–water partition coefficient (Wildman–Crippen LogP) is -1.09. The van der Waals surface area contributed by atoms with E-state index in [-0.39, 0.29) is 12.4 Å². The number of fused-ring (bicyclic) bond motifs is 3. The molecular weight excluding hydrogens is 293 g/mol. The highest BCUT2D eigenvalue weighted by Crippen LogP contribution is 2.20. The van der Waals surface area contributed by atoms with Crippen molar-refractivity contribution < 1.29 is 22.1 Å². The van der Waals surface area contributed by atoms with E-state index in [0.717, 1.165) is 37.1 Å². The number of aryl methyl sites for hydroxylation is 1. The number of Topliss-reactive ketones (excluding diaryl/α,β-unsaturated/α-hetero) is 1. The van der Waals surface area contributed by atoms with Crippen molar-refractivity contribution in [3.8, 4) is 0 Å². The second kappa shape index (κ2) is 6.93. The molecule has 0 aliphatic carbocycles. The van der Waals surface area contributed by atoms with Crippen molar-refractivity contribution >= 4 is 17.4 Å². The molecule has 0 aromatic heterocycles. The molecule has 3 fully saturated rings. The van der Waals surface area contributed by atoms with Gasteiger partial charge in [0.15, 0.2) is 5.78 Å². The molecule has 20 heavy (non-hydrogen) atoms. The first kappa shape index (κ1) is 15.8. The minimum Gasteiger partial charge on any atom is -1.00 e. The molecule has 0 spiro atoms. The van der Waals surface area contributed by atoms with Crippen LogP contribution in [0, 0.1) is 5.92 Å². The maximum absolute atomic E-state index is 12.2. The van der Waals surface area contributed by atoms with Gasteiger partial charge in [0.05, 0.1) is 13.1 Å². The molecule has 4 heteroatoms. The lowest BCUT2D eigenvalue weighted by molar-refractivity contribution is -0.928. The highest BCUT2D eigenvalue weighted by atomic mass is 35.5. The highest BCUT2D eigenvalue weighted by molar-refractivity contribution is 6.30. The summed E-state index contributed by atoms with van der Waals surface area (Å²) in [5, 5.41) is 0.791. The highest BCUT2D eigenvalue weighted by Gasteiger charge is 2.43. The molecule has 0 amide bonds. The van der Waals surface area contributed by atoms with Gasteiger partial charge in [0.25, 0.3) is 0 Å². The SMILES string of the molecule is O=C1C2CC[NH+](CC2)C1CCCc1ccc(Cl)cc1.[Cl-]. The molecule has 1 aromatic rings. The van der Waals surface area contributed by atoms with Gasteiger partial charge < -0.3 is 17.3 Å². The third kappa shape index (κ3) is 3.36. The van der Waals surface area contributed by atoms with E-state index in [9.17, 15) is 4.79 Å². The average Bonchev–Trinajstić information content (AvgIpc) is 2.45. The normalized spacial score (nSPS) is 28.2. The van der Waals surface area contributed by atoms with Gasteiger partial charge in [-0.3, -0.25) is 4.79 Å². The summed E-state index contributed by atoms with van der Waals surface area (Å²) in [6.07, 6.45) is 5.46. The Kier molecular flexibility index (Phi) is 5.48. The van der Waals surface area contributed by atoms with Crippen molar-refractivity contribution in [3.63, 3.8) is 0 Å². The molecule has 3 saturated heterocycles. The van der Waals surface area contributed by atoms with Crippen LogP contribution in [0.3, 0.4) is 0 Å². The van der Waals surface area contributed by atoms with Crippen LogP contribution in [0.25, 0.3) is 0 Å². The van der Waals surface area contributed by atoms with Gasteiger partial charge in [0, 0.05) is 30.2 Å². The number of carbonyl (C=O) groups is 1. The van der Waals surface area contributed by atoms with Gasteiger partial charge in [-0.05, 0) is 30.5 Å². The molecule has 2 bridgehead atoms. The van der Waals surface area contributed by atoms with Crippen molar-refractivity contribution in [3.05, 3.63) is 34.9 Å². The van der Waals surface area contributed by atoms with Gasteiger partial charge >= 0.3 is 0 Å². The maximum atomic E-state index is 12.2. The topological polar surface area (TPSA) is 21.5 Å². The van der Waals surface area contributed by atoms with Crippen LogP contribution in [-0.2, 0) is 11.2 Å². The van der Waals surface area contributed by atoms with Crippen molar-refractivity contribution in [2.24, 2.45) is 5.92 Å². The summed E-state index contributed by atoms with van der Waals surface area (Å²) in [7, 11) is 0. The number of rotatable bonds is 4. The quantitative estimate of drug-likeness (QED) is 0.750. The number of ketones is 1. The minimum absolute atomic E-state index is 0. The molecule has 3 aliphatic heterocycles. The Hall–Kier alpha value is -0.570. The second-order valence-electron chi connectivity index (χ2n) is 5.91. The number of benzene rings is 1. The molecule has 1 unspecified atom stereocenters. The zero-order valence-electron chi connectivity index (χ0n) is 11.6. The number of nitrogens with one attached hydrogen (secondary N) is 1. The number of piperidine rings is 3. The van der Waals surface area contributed by atoms with Crippen LogP contribution < -0.4 is 17.3 Å². The number of hydrogen-bond donors (Lipinski definition) is 1. The van der Waals surface area contributed by atoms with Crippen LogP contribution >= 0.6 is 11.6 Å². The van der Waals surface area contributed by atoms with E-state index in [1.54, 1.807) is 4.90 Å². The fraction of sp³-hybridized carbons (Fsp3) is 0.562. The fourth-order valence-electron chi connectivity index (χ4n) is 3.62. The standard InChI is InChI=1S/C16H20ClNO.ClH/c17-14-6-4-12(5-7-14)2-1-3-15-16(19)13-8-10-18(15)11-9-13;/h4-7,13,15H,1-3,8-11H2;1H. The Morgan fingerprint density at radius 3 is 2.40 bits per heavy atom. The third-order valence-electron chi connectivity index (χ3n) is 4.74. The van der Waals surface area contributed by atoms with E-state index in [4.69, 9.17) is 11.6 Å². The minimum atomic E-state index is 0. The largest absolute Gasteiger partial charge is 1.00 e. The van der Waals surface area contributed by atoms with E-state index in [1.807, 2.05) is 12.1 Å². The first-order valence-corrected chi connectivity index (χ1v) is 7.74. The number of halogens is 2. The van der Waals surface area contributed by atoms with Gasteiger partial charge in [-0.2, -0.15) is 0 Å². The molecule has 0 saturated carbocycles. The smallest absolute Gasteiger partial charge is 0.193 e. The fourth-order valence-corrected chi connectivity index (χ4v) is 3.74. The Labute approximate surface area is 131 Å². The summed E-state index contributed by atoms with van der Waals surface area (Å²) < 4.78 is 0. The van der Waals surface area contributed by atoms with E-state index in [1.165, 1.54) is 18.7 Å². The maximum Gasteiger partial charge on any atom is 0.193 e. The monoisotopic (exact) mass is 313 g/mol. The van der Waals surface area contributed by atoms with Crippen LogP contribution in [0.2, 0.25) is 5.02 Å². The van der Waals surface area contributed by atoms with Gasteiger partial charge in [0.1, 0.15) is 6.04 Å². The van der Waals surface area contributed by atoms with Crippen molar-refractivity contribution in [1.29, 1.82) is 0 Å². The van der Waals surface area contributed by atoms with E-state index < -0.39 is 0 Å². The van der Waals surface area contributed by atoms with Gasteiger partial charge in [0.2, 0.25) is 0 Å². The molecule has 110 valence electrons. The Morgan fingerprint density at radius 1 is 1.15 bits per heavy atom. The lowest BCUT2D eigenvalue weighted by Crippen LogP contribution is -3.20. The summed E-state index contributed by atoms with van der Waals surface area (Å²) in [5.74, 6) is 0.932.